The summed E-state index contributed by atoms with van der Waals surface area (Å²) >= 11 is 0. The van der Waals surface area contributed by atoms with Gasteiger partial charge in [-0.3, -0.25) is 0 Å². The Balaban J connectivity index is 1.83. The molecule has 1 aromatic rings. The van der Waals surface area contributed by atoms with Gasteiger partial charge in [0.2, 0.25) is 0 Å². The monoisotopic (exact) mass is 403 g/mol. The van der Waals surface area contributed by atoms with E-state index in [1.165, 1.54) is 24.3 Å². The molecule has 0 unspecified atom stereocenters. The second kappa shape index (κ2) is 12.2. The van der Waals surface area contributed by atoms with Crippen molar-refractivity contribution >= 4 is 11.5 Å². The lowest BCUT2D eigenvalue weighted by Gasteiger charge is -2.15. The number of hydrogen-bond acceptors (Lipinski definition) is 5. The largest absolute Gasteiger partial charge is 0.491 e. The van der Waals surface area contributed by atoms with Crippen LogP contribution in [0.3, 0.4) is 0 Å². The zero-order valence-electron chi connectivity index (χ0n) is 16.8. The number of allylic oxidation sites excluding steroid dienone is 3. The molecule has 0 heterocycles. The molecule has 2 N–H and O–H groups in total. The third-order valence-electron chi connectivity index (χ3n) is 5.07. The smallest absolute Gasteiger partial charge is 0.129 e. The predicted octanol–water partition coefficient (Wildman–Crippen LogP) is 4.68. The van der Waals surface area contributed by atoms with Crippen LogP contribution in [0.15, 0.2) is 53.7 Å². The van der Waals surface area contributed by atoms with Gasteiger partial charge in [-0.2, -0.15) is 0 Å². The lowest BCUT2D eigenvalue weighted by atomic mass is 9.91. The van der Waals surface area contributed by atoms with Gasteiger partial charge in [0.15, 0.2) is 0 Å². The highest BCUT2D eigenvalue weighted by Gasteiger charge is 2.30. The zero-order valence-corrected chi connectivity index (χ0v) is 16.8. The van der Waals surface area contributed by atoms with Gasteiger partial charge < -0.3 is 19.8 Å². The molecular formula is C23H30FNO4. The first-order valence-electron chi connectivity index (χ1n) is 10.1. The van der Waals surface area contributed by atoms with Crippen molar-refractivity contribution in [1.29, 1.82) is 0 Å². The normalized spacial score (nSPS) is 22.0. The fraction of sp³-hybridized carbons (Fsp3) is 0.478. The average Bonchev–Trinajstić information content (AvgIpc) is 3.10. The Morgan fingerprint density at radius 1 is 1.34 bits per heavy atom. The number of ether oxygens (including phenoxy) is 1. The number of halogens is 1. The van der Waals surface area contributed by atoms with E-state index in [2.05, 4.69) is 17.3 Å². The van der Waals surface area contributed by atoms with Crippen molar-refractivity contribution in [1.82, 2.24) is 0 Å². The number of aliphatic hydroxyl groups excluding tert-OH is 1. The Bertz CT molecular complexity index is 727. The van der Waals surface area contributed by atoms with Crippen LogP contribution in [0.4, 0.5) is 4.39 Å². The van der Waals surface area contributed by atoms with Gasteiger partial charge in [-0.25, -0.2) is 4.39 Å². The van der Waals surface area contributed by atoms with Crippen molar-refractivity contribution in [3.8, 4) is 5.75 Å². The highest BCUT2D eigenvalue weighted by Crippen LogP contribution is 2.33. The number of carbonyl (C=O) groups is 1. The highest BCUT2D eigenvalue weighted by atomic mass is 19.1. The first-order chi connectivity index (χ1) is 14.0. The summed E-state index contributed by atoms with van der Waals surface area (Å²) in [5, 5.41) is 22.9. The van der Waals surface area contributed by atoms with E-state index in [-0.39, 0.29) is 24.1 Å². The van der Waals surface area contributed by atoms with Crippen LogP contribution >= 0.6 is 0 Å². The Morgan fingerprint density at radius 2 is 2.10 bits per heavy atom. The molecule has 0 amide bonds. The van der Waals surface area contributed by atoms with Gasteiger partial charge in [-0.1, -0.05) is 29.5 Å². The number of carbonyl (C=O) groups excluding carboxylic acids is 1. The molecule has 0 bridgehead atoms. The van der Waals surface area contributed by atoms with Crippen LogP contribution < -0.4 is 4.74 Å². The highest BCUT2D eigenvalue weighted by molar-refractivity contribution is 5.90. The van der Waals surface area contributed by atoms with Crippen molar-refractivity contribution in [2.75, 3.05) is 6.61 Å². The van der Waals surface area contributed by atoms with Crippen LogP contribution in [-0.4, -0.2) is 34.5 Å². The number of unbranched alkanes of at least 4 members (excludes halogenated alkanes) is 1. The van der Waals surface area contributed by atoms with Crippen molar-refractivity contribution in [2.24, 2.45) is 17.0 Å². The standard InChI is InChI=1S/C23H30FNO4/c1-17(26)6-4-2-3-5-7-18-8-15-23(25-28)22(18)14-11-20(27)16-29-21-12-9-19(24)10-13-21/h3,5,9-14,18,20,22,27-28H,2,4,6-8,15-16H2,1H3/b5-3-,14-11+,25-23-/t18-,20+,22+/m0/s1. The molecule has 29 heavy (non-hydrogen) atoms. The van der Waals surface area contributed by atoms with Crippen molar-refractivity contribution in [2.45, 2.75) is 51.6 Å². The first-order valence-corrected chi connectivity index (χ1v) is 10.1. The van der Waals surface area contributed by atoms with E-state index in [4.69, 9.17) is 4.74 Å². The maximum absolute atomic E-state index is 12.9. The summed E-state index contributed by atoms with van der Waals surface area (Å²) in [6, 6.07) is 5.63. The number of rotatable bonds is 11. The van der Waals surface area contributed by atoms with Crippen molar-refractivity contribution < 1.29 is 24.2 Å². The second-order valence-corrected chi connectivity index (χ2v) is 7.43. The number of Topliss-reactive ketones (excluding diaryl/α,β-unsaturated/α-hetero) is 1. The molecule has 5 nitrogen and oxygen atoms in total. The fourth-order valence-electron chi connectivity index (χ4n) is 3.47. The third kappa shape index (κ3) is 8.20. The van der Waals surface area contributed by atoms with Gasteiger partial charge in [0.1, 0.15) is 30.1 Å². The molecule has 1 saturated carbocycles. The van der Waals surface area contributed by atoms with Crippen LogP contribution in [0.2, 0.25) is 0 Å². The molecule has 2 rings (SSSR count). The van der Waals surface area contributed by atoms with Crippen molar-refractivity contribution in [3.63, 3.8) is 0 Å². The van der Waals surface area contributed by atoms with E-state index in [0.29, 0.717) is 18.1 Å². The molecule has 6 heteroatoms. The number of nitrogens with zero attached hydrogens (tertiary/aromatic N) is 1. The minimum absolute atomic E-state index is 0.0256. The molecule has 1 aliphatic carbocycles. The topological polar surface area (TPSA) is 79.1 Å². The zero-order chi connectivity index (χ0) is 21.1. The van der Waals surface area contributed by atoms with Crippen LogP contribution in [-0.2, 0) is 4.79 Å². The van der Waals surface area contributed by atoms with Crippen LogP contribution in [0.1, 0.15) is 45.4 Å². The average molecular weight is 403 g/mol. The molecule has 0 saturated heterocycles. The molecule has 158 valence electrons. The molecule has 1 aliphatic rings. The van der Waals surface area contributed by atoms with E-state index in [0.717, 1.165) is 37.8 Å². The molecular weight excluding hydrogens is 373 g/mol. The van der Waals surface area contributed by atoms with E-state index in [9.17, 15) is 19.5 Å². The summed E-state index contributed by atoms with van der Waals surface area (Å²) in [6.45, 7) is 1.66. The molecule has 0 aliphatic heterocycles. The van der Waals surface area contributed by atoms with Gasteiger partial charge in [0, 0.05) is 12.3 Å². The quantitative estimate of drug-likeness (QED) is 0.243. The summed E-state index contributed by atoms with van der Waals surface area (Å²) < 4.78 is 18.4. The minimum atomic E-state index is -0.816. The lowest BCUT2D eigenvalue weighted by molar-refractivity contribution is -0.117. The van der Waals surface area contributed by atoms with Crippen molar-refractivity contribution in [3.05, 3.63) is 54.4 Å². The number of benzene rings is 1. The third-order valence-corrected chi connectivity index (χ3v) is 5.07. The second-order valence-electron chi connectivity index (χ2n) is 7.43. The maximum atomic E-state index is 12.9. The Hall–Kier alpha value is -2.47. The van der Waals surface area contributed by atoms with Gasteiger partial charge in [-0.15, -0.1) is 0 Å². The van der Waals surface area contributed by atoms with Gasteiger partial charge in [0.25, 0.3) is 0 Å². The van der Waals surface area contributed by atoms with E-state index in [1.54, 1.807) is 13.0 Å². The summed E-state index contributed by atoms with van der Waals surface area (Å²) in [7, 11) is 0. The SMILES string of the molecule is CC(=O)CCC/C=C\C[C@H]1CC/C(=N/O)[C@@H]1/C=C/[C@@H](O)COc1ccc(F)cc1. The minimum Gasteiger partial charge on any atom is -0.491 e. The molecule has 0 aromatic heterocycles. The molecule has 0 spiro atoms. The summed E-state index contributed by atoms with van der Waals surface area (Å²) in [5.74, 6) is 0.651. The summed E-state index contributed by atoms with van der Waals surface area (Å²) in [6.07, 6.45) is 11.8. The molecule has 0 radical (unpaired) electrons. The predicted molar refractivity (Wildman–Crippen MR) is 111 cm³/mol. The first kappa shape index (κ1) is 22.8. The summed E-state index contributed by atoms with van der Waals surface area (Å²) in [5.41, 5.74) is 0.725. The van der Waals surface area contributed by atoms with Gasteiger partial charge >= 0.3 is 0 Å². The molecule has 1 fully saturated rings. The molecule has 1 aromatic carbocycles. The van der Waals surface area contributed by atoms with E-state index in [1.807, 2.05) is 6.08 Å². The number of ketones is 1. The van der Waals surface area contributed by atoms with Crippen LogP contribution in [0.25, 0.3) is 0 Å². The number of aliphatic hydroxyl groups is 1. The molecule has 3 atom stereocenters. The number of oxime groups is 1. The maximum Gasteiger partial charge on any atom is 0.129 e. The van der Waals surface area contributed by atoms with E-state index >= 15 is 0 Å². The Morgan fingerprint density at radius 3 is 2.79 bits per heavy atom. The Kier molecular flexibility index (Phi) is 9.57. The van der Waals surface area contributed by atoms with Crippen LogP contribution in [0, 0.1) is 17.7 Å². The fourth-order valence-corrected chi connectivity index (χ4v) is 3.47. The lowest BCUT2D eigenvalue weighted by Crippen LogP contribution is -2.17. The number of hydrogen-bond donors (Lipinski definition) is 2. The van der Waals surface area contributed by atoms with Crippen LogP contribution in [0.5, 0.6) is 5.75 Å². The van der Waals surface area contributed by atoms with Gasteiger partial charge in [0.05, 0.1) is 5.71 Å². The van der Waals surface area contributed by atoms with E-state index < -0.39 is 6.10 Å². The summed E-state index contributed by atoms with van der Waals surface area (Å²) in [4.78, 5) is 11.0. The Labute approximate surface area is 171 Å². The van der Waals surface area contributed by atoms with Gasteiger partial charge in [-0.05, 0) is 69.2 Å².